The first kappa shape index (κ1) is 17.6. The van der Waals surface area contributed by atoms with Crippen molar-refractivity contribution in [1.29, 1.82) is 0 Å². The smallest absolute Gasteiger partial charge is 0.335 e. The first-order valence-corrected chi connectivity index (χ1v) is 8.66. The minimum Gasteiger partial charge on any atom is -0.478 e. The number of amides is 1. The van der Waals surface area contributed by atoms with Gasteiger partial charge < -0.3 is 10.4 Å². The van der Waals surface area contributed by atoms with Gasteiger partial charge in [0.05, 0.1) is 10.5 Å². The van der Waals surface area contributed by atoms with Crippen LogP contribution in [0.1, 0.15) is 29.3 Å². The molecule has 0 saturated heterocycles. The van der Waals surface area contributed by atoms with Crippen molar-refractivity contribution in [2.24, 2.45) is 0 Å². The average molecular weight is 378 g/mol. The number of benzene rings is 1. The lowest BCUT2D eigenvalue weighted by molar-refractivity contribution is -0.118. The van der Waals surface area contributed by atoms with Crippen LogP contribution in [-0.4, -0.2) is 37.7 Å². The van der Waals surface area contributed by atoms with Crippen molar-refractivity contribution < 1.29 is 23.1 Å². The quantitative estimate of drug-likeness (QED) is 0.786. The van der Waals surface area contributed by atoms with Crippen LogP contribution in [0.4, 0.5) is 0 Å². The maximum absolute atomic E-state index is 12.3. The average Bonchev–Trinajstić information content (AvgIpc) is 2.38. The number of hydrogen-bond acceptors (Lipinski definition) is 4. The van der Waals surface area contributed by atoms with Gasteiger partial charge in [-0.15, -0.1) is 0 Å². The number of halogens is 1. The molecular weight excluding hydrogens is 362 g/mol. The molecule has 0 unspecified atom stereocenters. The summed E-state index contributed by atoms with van der Waals surface area (Å²) >= 11 is 3.14. The van der Waals surface area contributed by atoms with Crippen molar-refractivity contribution in [1.82, 2.24) is 5.32 Å². The highest BCUT2D eigenvalue weighted by atomic mass is 79.9. The predicted octanol–water partition coefficient (Wildman–Crippen LogP) is 1.76. The molecule has 0 spiro atoms. The van der Waals surface area contributed by atoms with Crippen molar-refractivity contribution >= 4 is 37.6 Å². The van der Waals surface area contributed by atoms with Crippen molar-refractivity contribution in [3.63, 3.8) is 0 Å². The standard InChI is InChI=1S/C13H16BrNO5S/c1-3-4-15-12(16)7-21(19,20)11-6-9(13(17)18)5-10(14)8(11)2/h5-6H,3-4,7H2,1-2H3,(H,15,16)(H,17,18). The van der Waals surface area contributed by atoms with Gasteiger partial charge in [-0.25, -0.2) is 13.2 Å². The van der Waals surface area contributed by atoms with E-state index in [-0.39, 0.29) is 10.5 Å². The molecule has 0 aromatic heterocycles. The second-order valence-electron chi connectivity index (χ2n) is 4.50. The van der Waals surface area contributed by atoms with E-state index in [0.29, 0.717) is 23.0 Å². The summed E-state index contributed by atoms with van der Waals surface area (Å²) in [7, 11) is -3.90. The molecule has 0 bridgehead atoms. The Morgan fingerprint density at radius 3 is 2.48 bits per heavy atom. The Morgan fingerprint density at radius 1 is 1.33 bits per heavy atom. The Kier molecular flexibility index (Phi) is 5.91. The van der Waals surface area contributed by atoms with E-state index in [9.17, 15) is 18.0 Å². The van der Waals surface area contributed by atoms with Gasteiger partial charge in [0, 0.05) is 11.0 Å². The Morgan fingerprint density at radius 2 is 1.95 bits per heavy atom. The monoisotopic (exact) mass is 377 g/mol. The molecule has 1 amide bonds. The number of nitrogens with one attached hydrogen (secondary N) is 1. The first-order chi connectivity index (χ1) is 9.69. The van der Waals surface area contributed by atoms with Crippen molar-refractivity contribution in [2.75, 3.05) is 12.3 Å². The van der Waals surface area contributed by atoms with Crippen LogP contribution in [0.5, 0.6) is 0 Å². The SMILES string of the molecule is CCCNC(=O)CS(=O)(=O)c1cc(C(=O)O)cc(Br)c1C. The molecule has 1 rings (SSSR count). The maximum Gasteiger partial charge on any atom is 0.335 e. The maximum atomic E-state index is 12.3. The number of carbonyl (C=O) groups is 2. The van der Waals surface area contributed by atoms with Gasteiger partial charge in [-0.2, -0.15) is 0 Å². The van der Waals surface area contributed by atoms with E-state index in [1.54, 1.807) is 6.92 Å². The van der Waals surface area contributed by atoms with E-state index in [1.807, 2.05) is 6.92 Å². The number of carboxylic acids is 1. The molecule has 8 heteroatoms. The number of aromatic carboxylic acids is 1. The Hall–Kier alpha value is -1.41. The Bertz CT molecular complexity index is 669. The van der Waals surface area contributed by atoms with Crippen LogP contribution in [0.3, 0.4) is 0 Å². The molecule has 0 saturated carbocycles. The third-order valence-electron chi connectivity index (χ3n) is 2.77. The largest absolute Gasteiger partial charge is 0.478 e. The molecule has 0 aliphatic carbocycles. The highest BCUT2D eigenvalue weighted by Gasteiger charge is 2.24. The molecule has 1 aromatic rings. The number of carboxylic acid groups (broad SMARTS) is 1. The summed E-state index contributed by atoms with van der Waals surface area (Å²) in [6.45, 7) is 3.80. The number of sulfone groups is 1. The molecule has 21 heavy (non-hydrogen) atoms. The van der Waals surface area contributed by atoms with E-state index < -0.39 is 27.5 Å². The predicted molar refractivity (Wildman–Crippen MR) is 81.2 cm³/mol. The zero-order valence-electron chi connectivity index (χ0n) is 11.6. The second-order valence-corrected chi connectivity index (χ2v) is 7.31. The summed E-state index contributed by atoms with van der Waals surface area (Å²) in [5.74, 6) is -2.54. The lowest BCUT2D eigenvalue weighted by Gasteiger charge is -2.11. The van der Waals surface area contributed by atoms with Crippen LogP contribution >= 0.6 is 15.9 Å². The fraction of sp³-hybridized carbons (Fsp3) is 0.385. The third kappa shape index (κ3) is 4.53. The molecule has 0 radical (unpaired) electrons. The third-order valence-corrected chi connectivity index (χ3v) is 5.33. The molecule has 6 nitrogen and oxygen atoms in total. The van der Waals surface area contributed by atoms with Crippen LogP contribution in [0.15, 0.2) is 21.5 Å². The molecule has 2 N–H and O–H groups in total. The van der Waals surface area contributed by atoms with Gasteiger partial charge in [-0.3, -0.25) is 4.79 Å². The second kappa shape index (κ2) is 7.04. The van der Waals surface area contributed by atoms with Crippen molar-refractivity contribution in [3.8, 4) is 0 Å². The summed E-state index contributed by atoms with van der Waals surface area (Å²) in [5, 5.41) is 11.5. The highest BCUT2D eigenvalue weighted by Crippen LogP contribution is 2.26. The zero-order chi connectivity index (χ0) is 16.2. The topological polar surface area (TPSA) is 101 Å². The zero-order valence-corrected chi connectivity index (χ0v) is 14.0. The minimum absolute atomic E-state index is 0.152. The van der Waals surface area contributed by atoms with E-state index in [2.05, 4.69) is 21.2 Å². The molecule has 0 heterocycles. The van der Waals surface area contributed by atoms with Crippen LogP contribution < -0.4 is 5.32 Å². The number of hydrogen-bond donors (Lipinski definition) is 2. The Labute approximate surface area is 131 Å². The molecule has 0 fully saturated rings. The Balaban J connectivity index is 3.19. The van der Waals surface area contributed by atoms with Crippen LogP contribution in [0.25, 0.3) is 0 Å². The summed E-state index contributed by atoms with van der Waals surface area (Å²) in [6, 6.07) is 2.40. The van der Waals surface area contributed by atoms with Gasteiger partial charge in [0.1, 0.15) is 5.75 Å². The normalized spacial score (nSPS) is 11.2. The van der Waals surface area contributed by atoms with E-state index >= 15 is 0 Å². The number of rotatable bonds is 6. The van der Waals surface area contributed by atoms with Gasteiger partial charge in [0.15, 0.2) is 9.84 Å². The lowest BCUT2D eigenvalue weighted by Crippen LogP contribution is -2.31. The fourth-order valence-electron chi connectivity index (χ4n) is 1.67. The van der Waals surface area contributed by atoms with Gasteiger partial charge >= 0.3 is 5.97 Å². The van der Waals surface area contributed by atoms with Crippen molar-refractivity contribution in [2.45, 2.75) is 25.2 Å². The summed E-state index contributed by atoms with van der Waals surface area (Å²) < 4.78 is 24.9. The molecule has 1 aromatic carbocycles. The van der Waals surface area contributed by atoms with E-state index in [0.717, 1.165) is 6.07 Å². The van der Waals surface area contributed by atoms with Crippen molar-refractivity contribution in [3.05, 3.63) is 27.7 Å². The fourth-order valence-corrected chi connectivity index (χ4v) is 3.74. The number of carbonyl (C=O) groups excluding carboxylic acids is 1. The van der Waals surface area contributed by atoms with Crippen LogP contribution in [0.2, 0.25) is 0 Å². The molecule has 116 valence electrons. The van der Waals surface area contributed by atoms with Gasteiger partial charge in [-0.1, -0.05) is 22.9 Å². The van der Waals surface area contributed by atoms with Crippen LogP contribution in [0, 0.1) is 6.92 Å². The minimum atomic E-state index is -3.90. The molecule has 0 aliphatic heterocycles. The van der Waals surface area contributed by atoms with Gasteiger partial charge in [0.2, 0.25) is 5.91 Å². The summed E-state index contributed by atoms with van der Waals surface area (Å²) in [6.07, 6.45) is 0.699. The van der Waals surface area contributed by atoms with E-state index in [4.69, 9.17) is 5.11 Å². The van der Waals surface area contributed by atoms with Crippen LogP contribution in [-0.2, 0) is 14.6 Å². The first-order valence-electron chi connectivity index (χ1n) is 6.22. The van der Waals surface area contributed by atoms with E-state index in [1.165, 1.54) is 6.07 Å². The summed E-state index contributed by atoms with van der Waals surface area (Å²) in [4.78, 5) is 22.4. The summed E-state index contributed by atoms with van der Waals surface area (Å²) in [5.41, 5.74) is 0.225. The molecule has 0 atom stereocenters. The van der Waals surface area contributed by atoms with Gasteiger partial charge in [-0.05, 0) is 31.0 Å². The lowest BCUT2D eigenvalue weighted by atomic mass is 10.1. The van der Waals surface area contributed by atoms with Gasteiger partial charge in [0.25, 0.3) is 0 Å². The molecular formula is C13H16BrNO5S. The molecule has 0 aliphatic rings. The highest BCUT2D eigenvalue weighted by molar-refractivity contribution is 9.10.